The number of amides is 2. The predicted molar refractivity (Wildman–Crippen MR) is 115 cm³/mol. The van der Waals surface area contributed by atoms with Crippen LogP contribution in [-0.4, -0.2) is 29.9 Å². The van der Waals surface area contributed by atoms with Crippen molar-refractivity contribution in [3.63, 3.8) is 0 Å². The van der Waals surface area contributed by atoms with Crippen LogP contribution in [0.3, 0.4) is 0 Å². The molecule has 1 aliphatic heterocycles. The molecule has 5 nitrogen and oxygen atoms in total. The van der Waals surface area contributed by atoms with Crippen LogP contribution in [0.5, 0.6) is 5.75 Å². The van der Waals surface area contributed by atoms with E-state index in [0.717, 1.165) is 22.4 Å². The molecule has 152 valence electrons. The molecule has 0 saturated heterocycles. The third kappa shape index (κ3) is 4.20. The average molecular weight is 400 g/mol. The second-order valence-corrected chi connectivity index (χ2v) is 7.37. The monoisotopic (exact) mass is 400 g/mol. The molecule has 30 heavy (non-hydrogen) atoms. The van der Waals surface area contributed by atoms with E-state index in [4.69, 9.17) is 4.74 Å². The number of nitrogens with one attached hydrogen (secondary N) is 1. The number of hydrogen-bond donors (Lipinski definition) is 1. The van der Waals surface area contributed by atoms with Crippen LogP contribution in [0.25, 0.3) is 0 Å². The number of benzene rings is 3. The van der Waals surface area contributed by atoms with Gasteiger partial charge in [0, 0.05) is 25.1 Å². The van der Waals surface area contributed by atoms with Crippen molar-refractivity contribution in [3.05, 3.63) is 101 Å². The van der Waals surface area contributed by atoms with Crippen LogP contribution < -0.4 is 10.1 Å². The minimum Gasteiger partial charge on any atom is -0.497 e. The Hall–Kier alpha value is -3.60. The normalized spacial score (nSPS) is 13.6. The summed E-state index contributed by atoms with van der Waals surface area (Å²) in [6.07, 6.45) is 0.463. The molecule has 5 heteroatoms. The van der Waals surface area contributed by atoms with Crippen molar-refractivity contribution < 1.29 is 14.3 Å². The molecule has 1 heterocycles. The maximum absolute atomic E-state index is 13.2. The summed E-state index contributed by atoms with van der Waals surface area (Å²) in [4.78, 5) is 27.9. The summed E-state index contributed by atoms with van der Waals surface area (Å²) in [5.41, 5.74) is 3.59. The van der Waals surface area contributed by atoms with E-state index in [2.05, 4.69) is 5.32 Å². The van der Waals surface area contributed by atoms with E-state index in [1.807, 2.05) is 78.9 Å². The second-order valence-electron chi connectivity index (χ2n) is 7.37. The van der Waals surface area contributed by atoms with Gasteiger partial charge in [-0.2, -0.15) is 0 Å². The van der Waals surface area contributed by atoms with E-state index >= 15 is 0 Å². The Morgan fingerprint density at radius 1 is 1.00 bits per heavy atom. The fraction of sp³-hybridized carbons (Fsp3) is 0.200. The van der Waals surface area contributed by atoms with Crippen LogP contribution in [0.1, 0.15) is 27.0 Å². The van der Waals surface area contributed by atoms with E-state index in [0.29, 0.717) is 25.1 Å². The minimum absolute atomic E-state index is 0.0944. The summed E-state index contributed by atoms with van der Waals surface area (Å²) in [6, 6.07) is 24.3. The van der Waals surface area contributed by atoms with Crippen LogP contribution in [-0.2, 0) is 24.3 Å². The van der Waals surface area contributed by atoms with Crippen molar-refractivity contribution in [3.8, 4) is 5.75 Å². The first kappa shape index (κ1) is 19.7. The molecule has 1 N–H and O–H groups in total. The zero-order chi connectivity index (χ0) is 20.9. The van der Waals surface area contributed by atoms with Crippen molar-refractivity contribution >= 4 is 11.8 Å². The quantitative estimate of drug-likeness (QED) is 0.660. The van der Waals surface area contributed by atoms with Gasteiger partial charge in [-0.1, -0.05) is 60.7 Å². The summed E-state index contributed by atoms with van der Waals surface area (Å²) in [7, 11) is 1.62. The Balaban J connectivity index is 1.54. The highest BCUT2D eigenvalue weighted by Crippen LogP contribution is 2.26. The molecule has 0 radical (unpaired) electrons. The highest BCUT2D eigenvalue weighted by Gasteiger charge is 2.36. The fourth-order valence-corrected chi connectivity index (χ4v) is 3.80. The Kier molecular flexibility index (Phi) is 5.80. The number of hydrogen-bond acceptors (Lipinski definition) is 3. The molecule has 3 aromatic rings. The first-order valence-electron chi connectivity index (χ1n) is 9.99. The van der Waals surface area contributed by atoms with Crippen molar-refractivity contribution in [2.45, 2.75) is 25.6 Å². The number of fused-ring (bicyclic) bond motifs is 1. The molecule has 0 aliphatic carbocycles. The van der Waals surface area contributed by atoms with E-state index in [1.165, 1.54) is 0 Å². The van der Waals surface area contributed by atoms with Crippen molar-refractivity contribution in [2.24, 2.45) is 0 Å². The highest BCUT2D eigenvalue weighted by atomic mass is 16.5. The summed E-state index contributed by atoms with van der Waals surface area (Å²) in [6.45, 7) is 0.815. The lowest BCUT2D eigenvalue weighted by Crippen LogP contribution is -2.48. The number of carbonyl (C=O) groups excluding carboxylic acids is 2. The summed E-state index contributed by atoms with van der Waals surface area (Å²) in [5.74, 6) is 0.485. The van der Waals surface area contributed by atoms with Gasteiger partial charge >= 0.3 is 0 Å². The summed E-state index contributed by atoms with van der Waals surface area (Å²) < 4.78 is 5.25. The van der Waals surface area contributed by atoms with Crippen LogP contribution in [0, 0.1) is 0 Å². The largest absolute Gasteiger partial charge is 0.497 e. The molecule has 0 unspecified atom stereocenters. The van der Waals surface area contributed by atoms with Crippen LogP contribution in [0.4, 0.5) is 0 Å². The lowest BCUT2D eigenvalue weighted by Gasteiger charge is -2.27. The molecule has 0 aromatic heterocycles. The maximum Gasteiger partial charge on any atom is 0.255 e. The van der Waals surface area contributed by atoms with Gasteiger partial charge in [0.25, 0.3) is 5.91 Å². The number of rotatable bonds is 7. The van der Waals surface area contributed by atoms with Crippen LogP contribution in [0.15, 0.2) is 78.9 Å². The molecular formula is C25H24N2O3. The van der Waals surface area contributed by atoms with E-state index in [9.17, 15) is 9.59 Å². The van der Waals surface area contributed by atoms with Crippen molar-refractivity contribution in [1.82, 2.24) is 10.2 Å². The van der Waals surface area contributed by atoms with Gasteiger partial charge in [0.2, 0.25) is 5.91 Å². The number of nitrogens with zero attached hydrogens (tertiary/aromatic N) is 1. The maximum atomic E-state index is 13.2. The van der Waals surface area contributed by atoms with Gasteiger partial charge in [-0.05, 0) is 34.9 Å². The molecule has 0 spiro atoms. The van der Waals surface area contributed by atoms with E-state index in [-0.39, 0.29) is 11.8 Å². The Labute approximate surface area is 176 Å². The average Bonchev–Trinajstić information content (AvgIpc) is 3.13. The summed E-state index contributed by atoms with van der Waals surface area (Å²) in [5, 5.41) is 3.01. The molecule has 1 aliphatic rings. The van der Waals surface area contributed by atoms with Gasteiger partial charge in [-0.25, -0.2) is 0 Å². The van der Waals surface area contributed by atoms with Gasteiger partial charge in [-0.15, -0.1) is 0 Å². The third-order valence-electron chi connectivity index (χ3n) is 5.40. The number of methoxy groups -OCH3 is 1. The molecule has 0 fully saturated rings. The van der Waals surface area contributed by atoms with Gasteiger partial charge in [0.1, 0.15) is 11.8 Å². The molecule has 3 aromatic carbocycles. The van der Waals surface area contributed by atoms with Gasteiger partial charge in [0.15, 0.2) is 0 Å². The summed E-state index contributed by atoms with van der Waals surface area (Å²) >= 11 is 0. The molecule has 2 amide bonds. The molecule has 1 atom stereocenters. The zero-order valence-electron chi connectivity index (χ0n) is 16.9. The lowest BCUT2D eigenvalue weighted by atomic mass is 10.0. The predicted octanol–water partition coefficient (Wildman–Crippen LogP) is 3.58. The van der Waals surface area contributed by atoms with E-state index in [1.54, 1.807) is 12.0 Å². The third-order valence-corrected chi connectivity index (χ3v) is 5.40. The first-order valence-corrected chi connectivity index (χ1v) is 9.99. The van der Waals surface area contributed by atoms with E-state index < -0.39 is 6.04 Å². The number of carbonyl (C=O) groups is 2. The highest BCUT2D eigenvalue weighted by molar-refractivity contribution is 6.01. The molecule has 0 bridgehead atoms. The Morgan fingerprint density at radius 3 is 2.50 bits per heavy atom. The Morgan fingerprint density at radius 2 is 1.73 bits per heavy atom. The topological polar surface area (TPSA) is 58.6 Å². The van der Waals surface area contributed by atoms with Gasteiger partial charge in [0.05, 0.1) is 7.11 Å². The van der Waals surface area contributed by atoms with Gasteiger partial charge < -0.3 is 15.0 Å². The SMILES string of the molecule is COc1cccc(CNC(=O)[C@@H](Cc2ccccc2)N2Cc3ccccc3C2=O)c1. The fourth-order valence-electron chi connectivity index (χ4n) is 3.80. The molecule has 0 saturated carbocycles. The lowest BCUT2D eigenvalue weighted by molar-refractivity contribution is -0.125. The van der Waals surface area contributed by atoms with Gasteiger partial charge in [-0.3, -0.25) is 9.59 Å². The number of ether oxygens (including phenoxy) is 1. The second kappa shape index (κ2) is 8.82. The zero-order valence-corrected chi connectivity index (χ0v) is 16.9. The molecular weight excluding hydrogens is 376 g/mol. The molecule has 4 rings (SSSR count). The smallest absolute Gasteiger partial charge is 0.255 e. The van der Waals surface area contributed by atoms with Crippen LogP contribution >= 0.6 is 0 Å². The van der Waals surface area contributed by atoms with Crippen molar-refractivity contribution in [2.75, 3.05) is 7.11 Å². The Bertz CT molecular complexity index is 1050. The minimum atomic E-state index is -0.585. The van der Waals surface area contributed by atoms with Crippen LogP contribution in [0.2, 0.25) is 0 Å². The van der Waals surface area contributed by atoms with Crippen molar-refractivity contribution in [1.29, 1.82) is 0 Å². The standard InChI is InChI=1S/C25H24N2O3/c1-30-21-12-7-10-19(14-21)16-26-24(28)23(15-18-8-3-2-4-9-18)27-17-20-11-5-6-13-22(20)25(27)29/h2-14,23H,15-17H2,1H3,(H,26,28)/t23-/m1/s1. The first-order chi connectivity index (χ1) is 14.7.